The van der Waals surface area contributed by atoms with E-state index in [-0.39, 0.29) is 0 Å². The molecule has 0 saturated heterocycles. The lowest BCUT2D eigenvalue weighted by Crippen LogP contribution is -2.16. The molecule has 0 amide bonds. The maximum absolute atomic E-state index is 5.29. The summed E-state index contributed by atoms with van der Waals surface area (Å²) in [5.74, 6) is 3.87. The molecule has 2 N–H and O–H groups in total. The summed E-state index contributed by atoms with van der Waals surface area (Å²) in [6, 6.07) is 0. The highest BCUT2D eigenvalue weighted by Gasteiger charge is 2.29. The third kappa shape index (κ3) is 3.34. The van der Waals surface area contributed by atoms with E-state index in [0.29, 0.717) is 5.92 Å². The van der Waals surface area contributed by atoms with Crippen molar-refractivity contribution in [2.45, 2.75) is 44.9 Å². The van der Waals surface area contributed by atoms with Crippen molar-refractivity contribution in [2.75, 3.05) is 25.0 Å². The quantitative estimate of drug-likeness (QED) is 0.862. The van der Waals surface area contributed by atoms with E-state index < -0.39 is 0 Å². The molecule has 2 aromatic rings. The van der Waals surface area contributed by atoms with Gasteiger partial charge in [-0.05, 0) is 32.7 Å². The molecule has 1 fully saturated rings. The number of hydrogen-bond donors (Lipinski definition) is 2. The zero-order chi connectivity index (χ0) is 15.6. The van der Waals surface area contributed by atoms with Gasteiger partial charge in [0, 0.05) is 37.4 Å². The van der Waals surface area contributed by atoms with E-state index >= 15 is 0 Å². The van der Waals surface area contributed by atoms with Gasteiger partial charge in [0.15, 0.2) is 5.82 Å². The Kier molecular flexibility index (Phi) is 3.95. The molecule has 4 rings (SSSR count). The van der Waals surface area contributed by atoms with E-state index in [1.165, 1.54) is 24.1 Å². The fourth-order valence-corrected chi connectivity index (χ4v) is 2.97. The Morgan fingerprint density at radius 3 is 2.91 bits per heavy atom. The zero-order valence-corrected chi connectivity index (χ0v) is 13.4. The van der Waals surface area contributed by atoms with Crippen LogP contribution in [0, 0.1) is 6.92 Å². The molecular weight excluding hydrogens is 292 g/mol. The first-order valence-electron chi connectivity index (χ1n) is 8.43. The number of hydrogen-bond acceptors (Lipinski definition) is 7. The third-order valence-corrected chi connectivity index (χ3v) is 4.35. The first-order chi connectivity index (χ1) is 11.3. The van der Waals surface area contributed by atoms with Gasteiger partial charge >= 0.3 is 0 Å². The molecule has 3 heterocycles. The number of aromatic nitrogens is 4. The highest BCUT2D eigenvalue weighted by molar-refractivity contribution is 5.47. The minimum atomic E-state index is 0.511. The Labute approximate surface area is 135 Å². The van der Waals surface area contributed by atoms with Crippen molar-refractivity contribution in [1.82, 2.24) is 25.4 Å². The predicted molar refractivity (Wildman–Crippen MR) is 85.5 cm³/mol. The van der Waals surface area contributed by atoms with Crippen LogP contribution in [0.4, 0.5) is 5.82 Å². The summed E-state index contributed by atoms with van der Waals surface area (Å²) >= 11 is 0. The van der Waals surface area contributed by atoms with Crippen molar-refractivity contribution < 1.29 is 4.52 Å². The number of aryl methyl sites for hydroxylation is 1. The lowest BCUT2D eigenvalue weighted by molar-refractivity contribution is 0.374. The van der Waals surface area contributed by atoms with Crippen LogP contribution in [-0.4, -0.2) is 39.7 Å². The van der Waals surface area contributed by atoms with Gasteiger partial charge in [0.25, 0.3) is 0 Å². The molecule has 1 aliphatic carbocycles. The van der Waals surface area contributed by atoms with Crippen LogP contribution in [0.15, 0.2) is 4.52 Å². The van der Waals surface area contributed by atoms with E-state index in [4.69, 9.17) is 4.52 Å². The number of fused-ring (bicyclic) bond motifs is 1. The Balaban J connectivity index is 1.42. The van der Waals surface area contributed by atoms with E-state index in [2.05, 4.69) is 30.7 Å². The average Bonchev–Trinajstić information content (AvgIpc) is 3.32. The van der Waals surface area contributed by atoms with Crippen molar-refractivity contribution >= 4 is 5.82 Å². The van der Waals surface area contributed by atoms with Gasteiger partial charge in [0.1, 0.15) is 11.6 Å². The minimum Gasteiger partial charge on any atom is -0.369 e. The maximum Gasteiger partial charge on any atom is 0.229 e. The molecule has 0 radical (unpaired) electrons. The molecule has 0 aromatic carbocycles. The van der Waals surface area contributed by atoms with Gasteiger partial charge in [0.05, 0.1) is 5.69 Å². The highest BCUT2D eigenvalue weighted by atomic mass is 16.5. The van der Waals surface area contributed by atoms with Gasteiger partial charge in [-0.1, -0.05) is 5.16 Å². The molecule has 1 saturated carbocycles. The molecule has 7 heteroatoms. The first kappa shape index (κ1) is 14.6. The highest BCUT2D eigenvalue weighted by Crippen LogP contribution is 2.38. The summed E-state index contributed by atoms with van der Waals surface area (Å²) < 4.78 is 5.29. The maximum atomic E-state index is 5.29. The standard InChI is InChI=1S/C16H22N6O/c1-10-19-13-5-8-17-7-4-12(13)15(20-10)18-9-6-14-21-16(23-22-14)11-2-3-11/h11,17H,2-9H2,1H3,(H,18,19,20). The van der Waals surface area contributed by atoms with Gasteiger partial charge in [-0.3, -0.25) is 0 Å². The Hall–Kier alpha value is -2.02. The van der Waals surface area contributed by atoms with Gasteiger partial charge in [-0.2, -0.15) is 4.98 Å². The summed E-state index contributed by atoms with van der Waals surface area (Å²) in [5.41, 5.74) is 2.41. The second-order valence-corrected chi connectivity index (χ2v) is 6.29. The fraction of sp³-hybridized carbons (Fsp3) is 0.625. The van der Waals surface area contributed by atoms with Crippen LogP contribution in [0.1, 0.15) is 47.6 Å². The molecular formula is C16H22N6O. The van der Waals surface area contributed by atoms with Crippen molar-refractivity contribution in [3.63, 3.8) is 0 Å². The molecule has 2 aliphatic rings. The fourth-order valence-electron chi connectivity index (χ4n) is 2.97. The number of rotatable bonds is 5. The van der Waals surface area contributed by atoms with E-state index in [9.17, 15) is 0 Å². The summed E-state index contributed by atoms with van der Waals surface area (Å²) in [4.78, 5) is 13.7. The van der Waals surface area contributed by atoms with Crippen LogP contribution in [0.3, 0.4) is 0 Å². The Morgan fingerprint density at radius 2 is 2.04 bits per heavy atom. The van der Waals surface area contributed by atoms with Crippen LogP contribution in [0.2, 0.25) is 0 Å². The molecule has 0 unspecified atom stereocenters. The largest absolute Gasteiger partial charge is 0.369 e. The number of anilines is 1. The van der Waals surface area contributed by atoms with Crippen LogP contribution in [-0.2, 0) is 19.3 Å². The van der Waals surface area contributed by atoms with Crippen molar-refractivity contribution in [3.8, 4) is 0 Å². The first-order valence-corrected chi connectivity index (χ1v) is 8.43. The average molecular weight is 314 g/mol. The summed E-state index contributed by atoms with van der Waals surface area (Å²) in [7, 11) is 0. The third-order valence-electron chi connectivity index (χ3n) is 4.35. The second-order valence-electron chi connectivity index (χ2n) is 6.29. The lowest BCUT2D eigenvalue weighted by Gasteiger charge is -2.13. The van der Waals surface area contributed by atoms with Crippen LogP contribution < -0.4 is 10.6 Å². The van der Waals surface area contributed by atoms with Crippen molar-refractivity contribution in [1.29, 1.82) is 0 Å². The van der Waals surface area contributed by atoms with Crippen LogP contribution in [0.25, 0.3) is 0 Å². The molecule has 0 bridgehead atoms. The predicted octanol–water partition coefficient (Wildman–Crippen LogP) is 1.39. The summed E-state index contributed by atoms with van der Waals surface area (Å²) in [6.45, 7) is 4.66. The zero-order valence-electron chi connectivity index (χ0n) is 13.4. The summed E-state index contributed by atoms with van der Waals surface area (Å²) in [5, 5.41) is 10.9. The molecule has 122 valence electrons. The molecule has 1 aliphatic heterocycles. The van der Waals surface area contributed by atoms with E-state index in [0.717, 1.165) is 62.3 Å². The van der Waals surface area contributed by atoms with Crippen molar-refractivity contribution in [3.05, 3.63) is 28.8 Å². The molecule has 23 heavy (non-hydrogen) atoms. The van der Waals surface area contributed by atoms with Crippen LogP contribution >= 0.6 is 0 Å². The minimum absolute atomic E-state index is 0.511. The SMILES string of the molecule is Cc1nc2c(c(NCCc3noc(C4CC4)n3)n1)CCNCC2. The molecule has 7 nitrogen and oxygen atoms in total. The second kappa shape index (κ2) is 6.23. The monoisotopic (exact) mass is 314 g/mol. The number of nitrogens with one attached hydrogen (secondary N) is 2. The Morgan fingerprint density at radius 1 is 1.17 bits per heavy atom. The van der Waals surface area contributed by atoms with E-state index in [1.807, 2.05) is 6.92 Å². The van der Waals surface area contributed by atoms with Crippen molar-refractivity contribution in [2.24, 2.45) is 0 Å². The van der Waals surface area contributed by atoms with Crippen LogP contribution in [0.5, 0.6) is 0 Å². The van der Waals surface area contributed by atoms with Gasteiger partial charge < -0.3 is 15.2 Å². The van der Waals surface area contributed by atoms with Gasteiger partial charge in [-0.15, -0.1) is 0 Å². The Bertz CT molecular complexity index is 694. The summed E-state index contributed by atoms with van der Waals surface area (Å²) in [6.07, 6.45) is 5.03. The number of nitrogens with zero attached hydrogens (tertiary/aromatic N) is 4. The van der Waals surface area contributed by atoms with Gasteiger partial charge in [-0.25, -0.2) is 9.97 Å². The lowest BCUT2D eigenvalue weighted by atomic mass is 10.1. The molecule has 2 aromatic heterocycles. The topological polar surface area (TPSA) is 88.8 Å². The smallest absolute Gasteiger partial charge is 0.229 e. The van der Waals surface area contributed by atoms with E-state index in [1.54, 1.807) is 0 Å². The molecule has 0 spiro atoms. The normalized spacial score (nSPS) is 17.6. The molecule has 0 atom stereocenters. The van der Waals surface area contributed by atoms with Gasteiger partial charge in [0.2, 0.25) is 5.89 Å².